The van der Waals surface area contributed by atoms with E-state index in [2.05, 4.69) is 378 Å². The van der Waals surface area contributed by atoms with Gasteiger partial charge in [0.05, 0.1) is 33.4 Å². The minimum Gasteiger partial charge on any atom is -0.309 e. The van der Waals surface area contributed by atoms with Crippen LogP contribution in [0.4, 0.5) is 0 Å². The van der Waals surface area contributed by atoms with E-state index in [0.29, 0.717) is 0 Å². The van der Waals surface area contributed by atoms with Gasteiger partial charge in [-0.1, -0.05) is 309 Å². The van der Waals surface area contributed by atoms with Crippen molar-refractivity contribution in [1.29, 1.82) is 0 Å². The highest BCUT2D eigenvalue weighted by Crippen LogP contribution is 2.54. The summed E-state index contributed by atoms with van der Waals surface area (Å²) in [6.45, 7) is 14.4. The van der Waals surface area contributed by atoms with Crippen molar-refractivity contribution in [1.82, 2.24) is 9.13 Å². The topological polar surface area (TPSA) is 9.86 Å². The van der Waals surface area contributed by atoms with E-state index < -0.39 is 0 Å². The summed E-state index contributed by atoms with van der Waals surface area (Å²) in [7, 11) is 0. The molecule has 0 N–H and O–H groups in total. The van der Waals surface area contributed by atoms with Gasteiger partial charge in [0.2, 0.25) is 0 Å². The third kappa shape index (κ3) is 8.80. The van der Waals surface area contributed by atoms with Crippen molar-refractivity contribution in [3.05, 3.63) is 359 Å². The van der Waals surface area contributed by atoms with Gasteiger partial charge in [0.15, 0.2) is 0 Å². The summed E-state index contributed by atoms with van der Waals surface area (Å²) in [5.74, 6) is 0. The Morgan fingerprint density at radius 2 is 0.466 bits per heavy atom. The fraction of sp³-hybridized carbons (Fsp3) is 0.0891. The van der Waals surface area contributed by atoms with Gasteiger partial charge < -0.3 is 9.13 Å². The molecular formula is C101H72N2. The van der Waals surface area contributed by atoms with Gasteiger partial charge in [0.25, 0.3) is 0 Å². The molecule has 2 heterocycles. The Kier molecular flexibility index (Phi) is 12.6. The molecule has 103 heavy (non-hydrogen) atoms. The first-order chi connectivity index (χ1) is 50.3. The highest BCUT2D eigenvalue weighted by Gasteiger charge is 2.39. The van der Waals surface area contributed by atoms with E-state index in [1.165, 1.54) is 209 Å². The van der Waals surface area contributed by atoms with Crippen LogP contribution in [0.5, 0.6) is 0 Å². The first-order valence-electron chi connectivity index (χ1n) is 36.4. The monoisotopic (exact) mass is 1310 g/mol. The van der Waals surface area contributed by atoms with Crippen LogP contribution >= 0.6 is 0 Å². The van der Waals surface area contributed by atoms with Crippen LogP contribution in [0.1, 0.15) is 97.2 Å². The third-order valence-corrected chi connectivity index (χ3v) is 24.0. The molecule has 0 unspecified atom stereocenters. The van der Waals surface area contributed by atoms with Crippen molar-refractivity contribution in [3.63, 3.8) is 0 Å². The standard InChI is InChI=1S/C101H72N2/c1-99(2)87-51-61(31-33-63-37-45-77-79-47-39-67(57-91(79)100(3,4)89(77)53-63)65-41-49-95-85(55-65)83-27-15-17-29-93(83)102(95)97-59-69-19-7-9-21-71(69)73-23-11-13-25-81(73)97)35-43-75(87)76-44-36-62(52-88(76)99)32-34-64-38-46-78-80-48-40-68(58-92(80)101(5,6)90(78)54-64)66-42-50-96-86(56-66)84-28-16-18-30-94(84)103(96)98-60-70-20-8-10-22-72(70)74-24-12-14-26-82(74)98/h7-60H,1-6H3. The quantitative estimate of drug-likeness (QED) is 0.106. The molecule has 21 rings (SSSR count). The summed E-state index contributed by atoms with van der Waals surface area (Å²) in [5, 5.41) is 15.2. The van der Waals surface area contributed by atoms with E-state index in [1.807, 2.05) is 0 Å². The van der Waals surface area contributed by atoms with Gasteiger partial charge in [-0.15, -0.1) is 0 Å². The smallest absolute Gasteiger partial charge is 0.0546 e. The average molecular weight is 1310 g/mol. The van der Waals surface area contributed by atoms with Crippen LogP contribution in [0.2, 0.25) is 0 Å². The van der Waals surface area contributed by atoms with Crippen molar-refractivity contribution in [2.45, 2.75) is 57.8 Å². The Morgan fingerprint density at radius 3 is 0.825 bits per heavy atom. The molecule has 16 aromatic carbocycles. The number of rotatable bonds is 8. The number of hydrogen-bond acceptors (Lipinski definition) is 0. The molecule has 2 heteroatoms. The normalized spacial score (nSPS) is 14.5. The Morgan fingerprint density at radius 1 is 0.204 bits per heavy atom. The summed E-state index contributed by atoms with van der Waals surface area (Å²) >= 11 is 0. The van der Waals surface area contributed by atoms with Crippen LogP contribution in [-0.4, -0.2) is 9.13 Å². The zero-order valence-electron chi connectivity index (χ0n) is 58.6. The van der Waals surface area contributed by atoms with Crippen LogP contribution in [0.25, 0.3) is 178 Å². The molecule has 2 nitrogen and oxygen atoms in total. The molecule has 0 saturated heterocycles. The van der Waals surface area contributed by atoms with Crippen molar-refractivity contribution in [2.24, 2.45) is 0 Å². The average Bonchev–Trinajstić information content (AvgIpc) is 1.65. The summed E-state index contributed by atoms with van der Waals surface area (Å²) in [6, 6.07) is 115. The molecule has 0 atom stereocenters. The summed E-state index contributed by atoms with van der Waals surface area (Å²) in [6.07, 6.45) is 9.23. The number of nitrogens with zero attached hydrogens (tertiary/aromatic N) is 2. The van der Waals surface area contributed by atoms with Crippen LogP contribution in [0.15, 0.2) is 303 Å². The lowest BCUT2D eigenvalue weighted by Crippen LogP contribution is -2.15. The molecule has 0 bridgehead atoms. The van der Waals surface area contributed by atoms with E-state index in [4.69, 9.17) is 0 Å². The SMILES string of the molecule is CC1(C)c2cc(C=Cc3ccc4c(c3)C(C)(C)c3cc(-c5ccc6c(c5)c5ccccc5n6-c5cc6ccccc6c6ccccc56)ccc3-4)ccc2-c2ccc(C=Cc3ccc4c(c3)C(C)(C)c3cc(-c5ccc6c(c5)c5ccccc5n6-c5cc6ccccc6c6ccccc56)ccc3-4)cc21. The van der Waals surface area contributed by atoms with Gasteiger partial charge >= 0.3 is 0 Å². The first kappa shape index (κ1) is 59.5. The predicted molar refractivity (Wildman–Crippen MR) is 439 cm³/mol. The maximum atomic E-state index is 2.48. The molecule has 0 radical (unpaired) electrons. The van der Waals surface area contributed by atoms with Gasteiger partial charge in [-0.2, -0.15) is 0 Å². The fourth-order valence-corrected chi connectivity index (χ4v) is 18.7. The first-order valence-corrected chi connectivity index (χ1v) is 36.4. The molecule has 0 fully saturated rings. The summed E-state index contributed by atoms with van der Waals surface area (Å²) in [5.41, 5.74) is 32.7. The molecule has 0 amide bonds. The number of hydrogen-bond donors (Lipinski definition) is 0. The zero-order valence-corrected chi connectivity index (χ0v) is 58.6. The summed E-state index contributed by atoms with van der Waals surface area (Å²) in [4.78, 5) is 0. The van der Waals surface area contributed by atoms with E-state index in [-0.39, 0.29) is 16.2 Å². The van der Waals surface area contributed by atoms with E-state index in [0.717, 1.165) is 0 Å². The van der Waals surface area contributed by atoms with Gasteiger partial charge in [0.1, 0.15) is 0 Å². The Bertz CT molecular complexity index is 6420. The fourth-order valence-electron chi connectivity index (χ4n) is 18.7. The second kappa shape index (κ2) is 21.8. The van der Waals surface area contributed by atoms with E-state index >= 15 is 0 Å². The van der Waals surface area contributed by atoms with E-state index in [9.17, 15) is 0 Å². The Balaban J connectivity index is 0.525. The lowest BCUT2D eigenvalue weighted by molar-refractivity contribution is 0.660. The highest BCUT2D eigenvalue weighted by atomic mass is 15.0. The second-order valence-corrected chi connectivity index (χ2v) is 30.8. The molecule has 3 aliphatic rings. The van der Waals surface area contributed by atoms with Crippen molar-refractivity contribution in [2.75, 3.05) is 0 Å². The lowest BCUT2D eigenvalue weighted by atomic mass is 9.81. The maximum Gasteiger partial charge on any atom is 0.0546 e. The molecule has 3 aliphatic carbocycles. The van der Waals surface area contributed by atoms with Gasteiger partial charge in [0, 0.05) is 48.6 Å². The highest BCUT2D eigenvalue weighted by molar-refractivity contribution is 6.18. The number of aromatic nitrogens is 2. The minimum absolute atomic E-state index is 0.168. The van der Waals surface area contributed by atoms with Crippen molar-refractivity contribution < 1.29 is 0 Å². The largest absolute Gasteiger partial charge is 0.309 e. The van der Waals surface area contributed by atoms with Gasteiger partial charge in [-0.25, -0.2) is 0 Å². The number of fused-ring (bicyclic) bond motifs is 21. The number of para-hydroxylation sites is 2. The second-order valence-electron chi connectivity index (χ2n) is 30.8. The molecule has 0 aliphatic heterocycles. The third-order valence-electron chi connectivity index (χ3n) is 24.0. The molecule has 2 aromatic heterocycles. The van der Waals surface area contributed by atoms with Gasteiger partial charge in [-0.3, -0.25) is 0 Å². The molecule has 486 valence electrons. The Labute approximate surface area is 600 Å². The van der Waals surface area contributed by atoms with Crippen molar-refractivity contribution >= 4 is 111 Å². The van der Waals surface area contributed by atoms with Gasteiger partial charge in [-0.05, 0) is 204 Å². The lowest BCUT2D eigenvalue weighted by Gasteiger charge is -2.22. The zero-order chi connectivity index (χ0) is 68.8. The van der Waals surface area contributed by atoms with Crippen LogP contribution in [0, 0.1) is 0 Å². The molecular weight excluding hydrogens is 1240 g/mol. The van der Waals surface area contributed by atoms with E-state index in [1.54, 1.807) is 0 Å². The van der Waals surface area contributed by atoms with Crippen LogP contribution < -0.4 is 0 Å². The molecule has 0 spiro atoms. The molecule has 18 aromatic rings. The number of benzene rings is 16. The van der Waals surface area contributed by atoms with Crippen LogP contribution in [0.3, 0.4) is 0 Å². The minimum atomic E-state index is -0.183. The van der Waals surface area contributed by atoms with Crippen LogP contribution in [-0.2, 0) is 16.2 Å². The maximum absolute atomic E-state index is 2.48. The molecule has 0 saturated carbocycles. The van der Waals surface area contributed by atoms with Crippen molar-refractivity contribution in [3.8, 4) is 67.0 Å². The predicted octanol–water partition coefficient (Wildman–Crippen LogP) is 27.1. The summed E-state index contributed by atoms with van der Waals surface area (Å²) < 4.78 is 4.96. The Hall–Kier alpha value is -12.4.